The number of carbonyl (C=O) groups is 1. The summed E-state index contributed by atoms with van der Waals surface area (Å²) in [5, 5.41) is 0. The zero-order chi connectivity index (χ0) is 15.4. The Morgan fingerprint density at radius 3 is 2.62 bits per heavy atom. The Morgan fingerprint density at radius 1 is 1.33 bits per heavy atom. The molecule has 0 saturated carbocycles. The van der Waals surface area contributed by atoms with E-state index in [1.807, 2.05) is 0 Å². The molecule has 1 amide bonds. The molecule has 1 aromatic heterocycles. The van der Waals surface area contributed by atoms with Crippen LogP contribution in [0.15, 0.2) is 18.3 Å². The predicted molar refractivity (Wildman–Crippen MR) is 87.7 cm³/mol. The van der Waals surface area contributed by atoms with Gasteiger partial charge in [0.1, 0.15) is 5.88 Å². The Balaban J connectivity index is 2.70. The highest BCUT2D eigenvalue weighted by atomic mass is 35.5. The van der Waals surface area contributed by atoms with Crippen LogP contribution in [-0.2, 0) is 17.6 Å². The minimum Gasteiger partial charge on any atom is -0.273 e. The first-order valence-electron chi connectivity index (χ1n) is 6.91. The lowest BCUT2D eigenvalue weighted by atomic mass is 9.97. The first kappa shape index (κ1) is 15.9. The van der Waals surface area contributed by atoms with Crippen molar-refractivity contribution in [2.75, 3.05) is 10.8 Å². The zero-order valence-electron chi connectivity index (χ0n) is 12.4. The maximum absolute atomic E-state index is 12.4. The highest BCUT2D eigenvalue weighted by Crippen LogP contribution is 2.34. The van der Waals surface area contributed by atoms with Crippen LogP contribution in [0.4, 0.5) is 11.5 Å². The van der Waals surface area contributed by atoms with E-state index in [0.29, 0.717) is 5.82 Å². The number of hydrogen-bond acceptors (Lipinski definition) is 4. The second-order valence-corrected chi connectivity index (χ2v) is 5.53. The summed E-state index contributed by atoms with van der Waals surface area (Å²) >= 11 is 6.89. The van der Waals surface area contributed by atoms with E-state index in [1.54, 1.807) is 11.1 Å². The van der Waals surface area contributed by atoms with Crippen molar-refractivity contribution in [3.8, 4) is 0 Å². The van der Waals surface area contributed by atoms with Crippen LogP contribution < -0.4 is 4.90 Å². The Morgan fingerprint density at radius 2 is 2.10 bits per heavy atom. The molecule has 0 aliphatic heterocycles. The minimum atomic E-state index is -0.181. The largest absolute Gasteiger partial charge is 0.273 e. The lowest BCUT2D eigenvalue weighted by Gasteiger charge is -2.26. The fraction of sp³-hybridized carbons (Fsp3) is 0.400. The van der Waals surface area contributed by atoms with E-state index in [2.05, 4.69) is 41.7 Å². The molecule has 1 heterocycles. The number of hydrogen-bond donors (Lipinski definition) is 0. The van der Waals surface area contributed by atoms with Gasteiger partial charge in [-0.25, -0.2) is 0 Å². The van der Waals surface area contributed by atoms with Gasteiger partial charge in [0.15, 0.2) is 5.82 Å². The fourth-order valence-corrected chi connectivity index (χ4v) is 3.00. The topological polar surface area (TPSA) is 46.1 Å². The number of amides is 1. The second-order valence-electron chi connectivity index (χ2n) is 4.70. The van der Waals surface area contributed by atoms with Crippen molar-refractivity contribution in [2.45, 2.75) is 33.6 Å². The molecular weight excluding hydrogens is 306 g/mol. The summed E-state index contributed by atoms with van der Waals surface area (Å²) in [4.78, 5) is 14.0. The molecule has 0 fully saturated rings. The lowest BCUT2D eigenvalue weighted by Crippen LogP contribution is -2.29. The molecule has 0 aliphatic carbocycles. The summed E-state index contributed by atoms with van der Waals surface area (Å²) in [6.07, 6.45) is 3.29. The Kier molecular flexibility index (Phi) is 5.31. The van der Waals surface area contributed by atoms with Crippen molar-refractivity contribution in [1.82, 2.24) is 8.75 Å². The first-order valence-corrected chi connectivity index (χ1v) is 8.18. The van der Waals surface area contributed by atoms with Gasteiger partial charge in [0.2, 0.25) is 5.91 Å². The molecule has 21 heavy (non-hydrogen) atoms. The number of halogens is 1. The summed E-state index contributed by atoms with van der Waals surface area (Å²) in [7, 11) is 0. The molecule has 4 nitrogen and oxygen atoms in total. The van der Waals surface area contributed by atoms with Crippen molar-refractivity contribution >= 4 is 40.7 Å². The van der Waals surface area contributed by atoms with Gasteiger partial charge in [0.05, 0.1) is 23.6 Å². The van der Waals surface area contributed by atoms with E-state index >= 15 is 0 Å². The third-order valence-electron chi connectivity index (χ3n) is 3.50. The second kappa shape index (κ2) is 7.00. The van der Waals surface area contributed by atoms with Crippen LogP contribution in [0, 0.1) is 6.92 Å². The van der Waals surface area contributed by atoms with Crippen molar-refractivity contribution in [3.05, 3.63) is 35.0 Å². The van der Waals surface area contributed by atoms with E-state index in [4.69, 9.17) is 11.6 Å². The number of benzene rings is 1. The van der Waals surface area contributed by atoms with Crippen molar-refractivity contribution in [2.24, 2.45) is 0 Å². The summed E-state index contributed by atoms with van der Waals surface area (Å²) in [5.74, 6) is 0.276. The molecule has 0 atom stereocenters. The fourth-order valence-electron chi connectivity index (χ4n) is 2.48. The number of alkyl halides is 1. The molecule has 0 spiro atoms. The van der Waals surface area contributed by atoms with Gasteiger partial charge in [-0.2, -0.15) is 8.75 Å². The van der Waals surface area contributed by atoms with Crippen molar-refractivity contribution in [1.29, 1.82) is 0 Å². The predicted octanol–water partition coefficient (Wildman–Crippen LogP) is 3.87. The number of anilines is 2. The first-order chi connectivity index (χ1) is 10.1. The van der Waals surface area contributed by atoms with Gasteiger partial charge in [-0.3, -0.25) is 9.69 Å². The number of aromatic nitrogens is 2. The van der Waals surface area contributed by atoms with Gasteiger partial charge < -0.3 is 0 Å². The molecule has 1 aromatic carbocycles. The van der Waals surface area contributed by atoms with E-state index in [-0.39, 0.29) is 11.8 Å². The molecule has 0 bridgehead atoms. The van der Waals surface area contributed by atoms with Crippen molar-refractivity contribution < 1.29 is 4.79 Å². The van der Waals surface area contributed by atoms with Gasteiger partial charge >= 0.3 is 0 Å². The molecule has 0 aliphatic rings. The molecule has 0 unspecified atom stereocenters. The summed E-state index contributed by atoms with van der Waals surface area (Å²) in [6.45, 7) is 6.23. The molecule has 112 valence electrons. The van der Waals surface area contributed by atoms with E-state index < -0.39 is 0 Å². The van der Waals surface area contributed by atoms with Crippen LogP contribution in [0.25, 0.3) is 0 Å². The van der Waals surface area contributed by atoms with Crippen LogP contribution in [0.5, 0.6) is 0 Å². The minimum absolute atomic E-state index is 0.0855. The van der Waals surface area contributed by atoms with Gasteiger partial charge in [0.25, 0.3) is 0 Å². The Bertz CT molecular complexity index is 628. The normalized spacial score (nSPS) is 10.7. The Labute approximate surface area is 134 Å². The summed E-state index contributed by atoms with van der Waals surface area (Å²) in [6, 6.07) is 4.17. The maximum atomic E-state index is 12.4. The summed E-state index contributed by atoms with van der Waals surface area (Å²) in [5.41, 5.74) is 4.35. The zero-order valence-corrected chi connectivity index (χ0v) is 14.0. The molecule has 0 saturated heterocycles. The van der Waals surface area contributed by atoms with Gasteiger partial charge in [-0.05, 0) is 36.5 Å². The SMILES string of the molecule is CCc1ccc(C)c(CC)c1N(C(=O)CCl)c1cnsn1. The number of carbonyl (C=O) groups excluding carboxylic acids is 1. The van der Waals surface area contributed by atoms with Gasteiger partial charge in [-0.1, -0.05) is 26.0 Å². The van der Waals surface area contributed by atoms with Gasteiger partial charge in [0, 0.05) is 0 Å². The number of aryl methyl sites for hydroxylation is 2. The van der Waals surface area contributed by atoms with Crippen LogP contribution in [0.1, 0.15) is 30.5 Å². The average molecular weight is 324 g/mol. The number of rotatable bonds is 5. The Hall–Kier alpha value is -1.46. The summed E-state index contributed by atoms with van der Waals surface area (Å²) < 4.78 is 8.23. The lowest BCUT2D eigenvalue weighted by molar-refractivity contribution is -0.115. The average Bonchev–Trinajstić information content (AvgIpc) is 3.01. The third kappa shape index (κ3) is 3.09. The molecule has 2 rings (SSSR count). The highest BCUT2D eigenvalue weighted by molar-refractivity contribution is 6.99. The van der Waals surface area contributed by atoms with Crippen LogP contribution in [-0.4, -0.2) is 20.5 Å². The van der Waals surface area contributed by atoms with E-state index in [1.165, 1.54) is 5.56 Å². The quantitative estimate of drug-likeness (QED) is 0.784. The maximum Gasteiger partial charge on any atom is 0.247 e. The third-order valence-corrected chi connectivity index (χ3v) is 4.20. The molecular formula is C15H18ClN3OS. The molecule has 6 heteroatoms. The van der Waals surface area contributed by atoms with Crippen LogP contribution >= 0.6 is 23.3 Å². The van der Waals surface area contributed by atoms with Crippen LogP contribution in [0.2, 0.25) is 0 Å². The molecule has 0 radical (unpaired) electrons. The smallest absolute Gasteiger partial charge is 0.247 e. The van der Waals surface area contributed by atoms with E-state index in [0.717, 1.165) is 41.4 Å². The monoisotopic (exact) mass is 323 g/mol. The number of nitrogens with zero attached hydrogens (tertiary/aromatic N) is 3. The molecule has 0 N–H and O–H groups in total. The van der Waals surface area contributed by atoms with Gasteiger partial charge in [-0.15, -0.1) is 11.6 Å². The molecule has 2 aromatic rings. The highest BCUT2D eigenvalue weighted by Gasteiger charge is 2.24. The van der Waals surface area contributed by atoms with Crippen LogP contribution in [0.3, 0.4) is 0 Å². The van der Waals surface area contributed by atoms with Crippen molar-refractivity contribution in [3.63, 3.8) is 0 Å². The standard InChI is InChI=1S/C15H18ClN3OS/c1-4-11-7-6-10(3)12(5-2)15(11)19(14(20)8-16)13-9-17-21-18-13/h6-7,9H,4-5,8H2,1-3H3. The van der Waals surface area contributed by atoms with E-state index in [9.17, 15) is 4.79 Å².